The summed E-state index contributed by atoms with van der Waals surface area (Å²) in [4.78, 5) is 27.0. The second kappa shape index (κ2) is 9.28. The molecular formula is C22H29N5O3. The number of aryl methyl sites for hydroxylation is 3. The molecule has 1 N–H and O–H groups in total. The zero-order chi connectivity index (χ0) is 20.9. The van der Waals surface area contributed by atoms with Gasteiger partial charge in [0.15, 0.2) is 0 Å². The summed E-state index contributed by atoms with van der Waals surface area (Å²) < 4.78 is 7.75. The van der Waals surface area contributed by atoms with Crippen molar-refractivity contribution in [2.24, 2.45) is 5.92 Å². The maximum atomic E-state index is 13.0. The Labute approximate surface area is 176 Å². The molecule has 2 aromatic rings. The molecule has 1 aromatic heterocycles. The lowest BCUT2D eigenvalue weighted by molar-refractivity contribution is -0.121. The highest BCUT2D eigenvalue weighted by molar-refractivity contribution is 5.94. The lowest BCUT2D eigenvalue weighted by Crippen LogP contribution is -2.41. The van der Waals surface area contributed by atoms with Gasteiger partial charge in [0.1, 0.15) is 5.75 Å². The van der Waals surface area contributed by atoms with Crippen LogP contribution in [-0.4, -0.2) is 57.9 Å². The third kappa shape index (κ3) is 4.98. The predicted molar refractivity (Wildman–Crippen MR) is 111 cm³/mol. The molecule has 1 aromatic carbocycles. The Bertz CT molecular complexity index is 902. The van der Waals surface area contributed by atoms with E-state index >= 15 is 0 Å². The maximum absolute atomic E-state index is 13.0. The Kier molecular flexibility index (Phi) is 6.30. The van der Waals surface area contributed by atoms with Crippen LogP contribution in [0.1, 0.15) is 47.3 Å². The van der Waals surface area contributed by atoms with Crippen LogP contribution in [-0.2, 0) is 17.8 Å². The van der Waals surface area contributed by atoms with Gasteiger partial charge in [-0.05, 0) is 43.4 Å². The molecule has 8 nitrogen and oxygen atoms in total. The van der Waals surface area contributed by atoms with E-state index in [0.717, 1.165) is 36.3 Å². The van der Waals surface area contributed by atoms with Gasteiger partial charge < -0.3 is 15.0 Å². The van der Waals surface area contributed by atoms with Crippen LogP contribution >= 0.6 is 0 Å². The summed E-state index contributed by atoms with van der Waals surface area (Å²) in [7, 11) is 0. The molecule has 0 aliphatic carbocycles. The quantitative estimate of drug-likeness (QED) is 0.716. The number of carbonyl (C=O) groups is 2. The van der Waals surface area contributed by atoms with Crippen molar-refractivity contribution >= 4 is 11.8 Å². The lowest BCUT2D eigenvalue weighted by Gasteiger charge is -2.32. The van der Waals surface area contributed by atoms with E-state index in [-0.39, 0.29) is 11.8 Å². The monoisotopic (exact) mass is 411 g/mol. The van der Waals surface area contributed by atoms with Crippen LogP contribution in [0.25, 0.3) is 0 Å². The van der Waals surface area contributed by atoms with Crippen LogP contribution in [0.15, 0.2) is 24.4 Å². The zero-order valence-electron chi connectivity index (χ0n) is 17.5. The van der Waals surface area contributed by atoms with Gasteiger partial charge in [0, 0.05) is 57.2 Å². The number of nitrogens with one attached hydrogen (secondary N) is 1. The second-order valence-electron chi connectivity index (χ2n) is 8.19. The van der Waals surface area contributed by atoms with Crippen LogP contribution in [0.3, 0.4) is 0 Å². The van der Waals surface area contributed by atoms with Crippen LogP contribution in [0.5, 0.6) is 5.75 Å². The summed E-state index contributed by atoms with van der Waals surface area (Å²) in [5, 5.41) is 11.3. The fourth-order valence-corrected chi connectivity index (χ4v) is 3.97. The number of aromatic nitrogens is 3. The SMILES string of the molecule is Cc1ccc2cc1OCCCn1cc(nn1)CCC(=O)NCC1CCN(CC1)C2=O. The molecule has 2 amide bonds. The van der Waals surface area contributed by atoms with Gasteiger partial charge in [-0.15, -0.1) is 5.10 Å². The molecular weight excluding hydrogens is 382 g/mol. The fourth-order valence-electron chi connectivity index (χ4n) is 3.97. The topological polar surface area (TPSA) is 89.3 Å². The van der Waals surface area contributed by atoms with Crippen molar-refractivity contribution in [2.45, 2.75) is 45.6 Å². The van der Waals surface area contributed by atoms with Gasteiger partial charge in [0.25, 0.3) is 5.91 Å². The molecule has 160 valence electrons. The molecule has 6 bridgehead atoms. The van der Waals surface area contributed by atoms with Gasteiger partial charge >= 0.3 is 0 Å². The second-order valence-corrected chi connectivity index (χ2v) is 8.19. The van der Waals surface area contributed by atoms with Crippen molar-refractivity contribution < 1.29 is 14.3 Å². The summed E-state index contributed by atoms with van der Waals surface area (Å²) >= 11 is 0. The molecule has 30 heavy (non-hydrogen) atoms. The van der Waals surface area contributed by atoms with Gasteiger partial charge in [-0.2, -0.15) is 0 Å². The van der Waals surface area contributed by atoms with Crippen molar-refractivity contribution in [3.05, 3.63) is 41.2 Å². The van der Waals surface area contributed by atoms with Crippen LogP contribution in [0, 0.1) is 12.8 Å². The number of hydrogen-bond acceptors (Lipinski definition) is 5. The fraction of sp³-hybridized carbons (Fsp3) is 0.545. The molecule has 4 heterocycles. The number of piperidine rings is 1. The first-order valence-corrected chi connectivity index (χ1v) is 10.8. The average molecular weight is 412 g/mol. The van der Waals surface area contributed by atoms with Crippen molar-refractivity contribution in [1.82, 2.24) is 25.2 Å². The molecule has 1 saturated heterocycles. The van der Waals surface area contributed by atoms with Crippen molar-refractivity contribution in [2.75, 3.05) is 26.2 Å². The van der Waals surface area contributed by atoms with E-state index in [2.05, 4.69) is 15.6 Å². The Morgan fingerprint density at radius 3 is 2.80 bits per heavy atom. The van der Waals surface area contributed by atoms with E-state index in [0.29, 0.717) is 57.1 Å². The maximum Gasteiger partial charge on any atom is 0.253 e. The van der Waals surface area contributed by atoms with Gasteiger partial charge in [0.05, 0.1) is 12.3 Å². The molecule has 1 fully saturated rings. The summed E-state index contributed by atoms with van der Waals surface area (Å²) in [6.07, 6.45) is 5.46. The Hall–Kier alpha value is -2.90. The van der Waals surface area contributed by atoms with E-state index in [4.69, 9.17) is 4.74 Å². The van der Waals surface area contributed by atoms with E-state index < -0.39 is 0 Å². The number of amides is 2. The molecule has 8 heteroatoms. The molecule has 0 radical (unpaired) electrons. The minimum atomic E-state index is 0.0399. The number of carbonyl (C=O) groups excluding carboxylic acids is 2. The third-order valence-corrected chi connectivity index (χ3v) is 5.91. The van der Waals surface area contributed by atoms with E-state index in [9.17, 15) is 9.59 Å². The normalized spacial score (nSPS) is 19.3. The molecule has 5 rings (SSSR count). The highest BCUT2D eigenvalue weighted by atomic mass is 16.5. The first-order valence-electron chi connectivity index (χ1n) is 10.8. The lowest BCUT2D eigenvalue weighted by atomic mass is 9.96. The van der Waals surface area contributed by atoms with Gasteiger partial charge in [-0.25, -0.2) is 0 Å². The minimum absolute atomic E-state index is 0.0399. The predicted octanol–water partition coefficient (Wildman–Crippen LogP) is 1.97. The summed E-state index contributed by atoms with van der Waals surface area (Å²) in [6.45, 7) is 5.30. The number of benzene rings is 1. The molecule has 3 aliphatic heterocycles. The highest BCUT2D eigenvalue weighted by Crippen LogP contribution is 2.23. The van der Waals surface area contributed by atoms with E-state index in [1.54, 1.807) is 4.68 Å². The first kappa shape index (κ1) is 20.4. The molecule has 0 saturated carbocycles. The number of hydrogen-bond donors (Lipinski definition) is 1. The van der Waals surface area contributed by atoms with Crippen LogP contribution in [0.2, 0.25) is 0 Å². The van der Waals surface area contributed by atoms with Gasteiger partial charge in [-0.3, -0.25) is 14.3 Å². The Morgan fingerprint density at radius 2 is 1.97 bits per heavy atom. The van der Waals surface area contributed by atoms with Gasteiger partial charge in [0.2, 0.25) is 5.91 Å². The third-order valence-electron chi connectivity index (χ3n) is 5.91. The highest BCUT2D eigenvalue weighted by Gasteiger charge is 2.24. The first-order chi connectivity index (χ1) is 14.6. The Balaban J connectivity index is 1.49. The number of ether oxygens (including phenoxy) is 1. The number of fused-ring (bicyclic) bond motifs is 9. The number of nitrogens with zero attached hydrogens (tertiary/aromatic N) is 4. The van der Waals surface area contributed by atoms with E-state index in [1.165, 1.54) is 0 Å². The minimum Gasteiger partial charge on any atom is -0.493 e. The smallest absolute Gasteiger partial charge is 0.253 e. The Morgan fingerprint density at radius 1 is 1.13 bits per heavy atom. The average Bonchev–Trinajstić information content (AvgIpc) is 3.22. The van der Waals surface area contributed by atoms with Crippen molar-refractivity contribution in [3.8, 4) is 5.75 Å². The summed E-state index contributed by atoms with van der Waals surface area (Å²) in [5.74, 6) is 1.25. The largest absolute Gasteiger partial charge is 0.493 e. The zero-order valence-corrected chi connectivity index (χ0v) is 17.5. The van der Waals surface area contributed by atoms with Crippen molar-refractivity contribution in [3.63, 3.8) is 0 Å². The molecule has 3 aliphatic rings. The summed E-state index contributed by atoms with van der Waals surface area (Å²) in [6, 6.07) is 5.68. The van der Waals surface area contributed by atoms with Crippen LogP contribution in [0.4, 0.5) is 0 Å². The van der Waals surface area contributed by atoms with Gasteiger partial charge in [-0.1, -0.05) is 11.3 Å². The van der Waals surface area contributed by atoms with Crippen LogP contribution < -0.4 is 10.1 Å². The van der Waals surface area contributed by atoms with Crippen molar-refractivity contribution in [1.29, 1.82) is 0 Å². The summed E-state index contributed by atoms with van der Waals surface area (Å²) in [5.41, 5.74) is 2.51. The standard InChI is InChI=1S/C22H29N5O3/c1-16-3-4-18-13-20(16)30-12-2-9-27-15-19(24-25-27)5-6-21(28)23-14-17-7-10-26(11-8-17)22(18)29/h3-4,13,15,17H,2,5-12,14H2,1H3,(H,23,28). The number of rotatable bonds is 0. The molecule has 0 unspecified atom stereocenters. The van der Waals surface area contributed by atoms with E-state index in [1.807, 2.05) is 36.2 Å². The molecule has 0 spiro atoms. The molecule has 0 atom stereocenters.